The maximum absolute atomic E-state index is 12.6. The number of benzene rings is 2. The van der Waals surface area contributed by atoms with E-state index in [0.717, 1.165) is 19.2 Å². The van der Waals surface area contributed by atoms with E-state index in [0.29, 0.717) is 18.0 Å². The zero-order valence-electron chi connectivity index (χ0n) is 13.9. The Morgan fingerprint density at radius 3 is 2.38 bits per heavy atom. The van der Waals surface area contributed by atoms with Crippen LogP contribution in [0.25, 0.3) is 0 Å². The van der Waals surface area contributed by atoms with Crippen molar-refractivity contribution in [3.63, 3.8) is 0 Å². The molecule has 1 heterocycles. The lowest BCUT2D eigenvalue weighted by molar-refractivity contribution is 0.0790. The van der Waals surface area contributed by atoms with Crippen LogP contribution in [0.2, 0.25) is 0 Å². The van der Waals surface area contributed by atoms with E-state index in [2.05, 4.69) is 19.1 Å². The van der Waals surface area contributed by atoms with Gasteiger partial charge in [-0.3, -0.25) is 4.79 Å². The van der Waals surface area contributed by atoms with Crippen molar-refractivity contribution in [3.8, 4) is 0 Å². The topological polar surface area (TPSA) is 54.5 Å². The van der Waals surface area contributed by atoms with Crippen LogP contribution in [0, 0.1) is 6.92 Å². The minimum Gasteiger partial charge on any atom is -0.338 e. The monoisotopic (exact) mass is 343 g/mol. The summed E-state index contributed by atoms with van der Waals surface area (Å²) in [5.74, 6) is 0.330. The highest BCUT2D eigenvalue weighted by Crippen LogP contribution is 2.30. The molecule has 1 atom stereocenters. The molecule has 126 valence electrons. The molecule has 0 aliphatic carbocycles. The molecule has 2 aromatic rings. The third kappa shape index (κ3) is 3.36. The van der Waals surface area contributed by atoms with Crippen LogP contribution in [-0.2, 0) is 9.84 Å². The number of hydrogen-bond acceptors (Lipinski definition) is 3. The summed E-state index contributed by atoms with van der Waals surface area (Å²) in [6.45, 7) is 3.53. The van der Waals surface area contributed by atoms with Crippen molar-refractivity contribution < 1.29 is 13.2 Å². The summed E-state index contributed by atoms with van der Waals surface area (Å²) in [5, 5.41) is 0. The molecule has 1 saturated heterocycles. The number of nitrogens with zero attached hydrogens (tertiary/aromatic N) is 1. The Morgan fingerprint density at radius 1 is 1.08 bits per heavy atom. The third-order valence-electron chi connectivity index (χ3n) is 4.63. The van der Waals surface area contributed by atoms with Crippen LogP contribution in [0.1, 0.15) is 33.8 Å². The van der Waals surface area contributed by atoms with Gasteiger partial charge in [0, 0.05) is 30.8 Å². The Labute approximate surface area is 143 Å². The predicted molar refractivity (Wildman–Crippen MR) is 94.0 cm³/mol. The van der Waals surface area contributed by atoms with Gasteiger partial charge in [-0.2, -0.15) is 0 Å². The Morgan fingerprint density at radius 2 is 1.75 bits per heavy atom. The number of amides is 1. The molecule has 0 unspecified atom stereocenters. The number of carbonyl (C=O) groups excluding carboxylic acids is 1. The predicted octanol–water partition coefficient (Wildman–Crippen LogP) is 3.03. The van der Waals surface area contributed by atoms with Crippen molar-refractivity contribution in [1.82, 2.24) is 4.90 Å². The molecular formula is C19H21NO3S. The number of aryl methyl sites for hydroxylation is 1. The number of sulfone groups is 1. The average molecular weight is 343 g/mol. The Bertz CT molecular complexity index is 856. The van der Waals surface area contributed by atoms with Gasteiger partial charge < -0.3 is 4.90 Å². The number of rotatable bonds is 3. The molecule has 2 aromatic carbocycles. The van der Waals surface area contributed by atoms with Crippen molar-refractivity contribution in [2.75, 3.05) is 19.3 Å². The SMILES string of the molecule is Cc1ccccc1[C@H]1CCN(C(=O)c2ccc(S(C)(=O)=O)cc2)C1. The van der Waals surface area contributed by atoms with Gasteiger partial charge in [0.05, 0.1) is 4.90 Å². The smallest absolute Gasteiger partial charge is 0.253 e. The minimum absolute atomic E-state index is 0.0360. The summed E-state index contributed by atoms with van der Waals surface area (Å²) >= 11 is 0. The standard InChI is InChI=1S/C19H21NO3S/c1-14-5-3-4-6-18(14)16-11-12-20(13-16)19(21)15-7-9-17(10-8-15)24(2,22)23/h3-10,16H,11-13H2,1-2H3/t16-/m0/s1. The molecule has 5 heteroatoms. The van der Waals surface area contributed by atoms with Crippen LogP contribution in [0.5, 0.6) is 0 Å². The molecule has 1 fully saturated rings. The first kappa shape index (κ1) is 16.7. The van der Waals surface area contributed by atoms with Crippen LogP contribution in [0.15, 0.2) is 53.4 Å². The van der Waals surface area contributed by atoms with Gasteiger partial charge in [-0.05, 0) is 48.7 Å². The van der Waals surface area contributed by atoms with Gasteiger partial charge in [-0.1, -0.05) is 24.3 Å². The van der Waals surface area contributed by atoms with Crippen LogP contribution in [0.4, 0.5) is 0 Å². The molecule has 1 aliphatic heterocycles. The van der Waals surface area contributed by atoms with Crippen molar-refractivity contribution >= 4 is 15.7 Å². The second kappa shape index (κ2) is 6.40. The normalized spacial score (nSPS) is 17.9. The number of carbonyl (C=O) groups is 1. The molecule has 0 aromatic heterocycles. The van der Waals surface area contributed by atoms with Gasteiger partial charge in [0.15, 0.2) is 9.84 Å². The largest absolute Gasteiger partial charge is 0.338 e. The van der Waals surface area contributed by atoms with Gasteiger partial charge in [-0.25, -0.2) is 8.42 Å². The molecule has 0 spiro atoms. The highest BCUT2D eigenvalue weighted by atomic mass is 32.2. The lowest BCUT2D eigenvalue weighted by Gasteiger charge is -2.18. The summed E-state index contributed by atoms with van der Waals surface area (Å²) in [4.78, 5) is 14.7. The van der Waals surface area contributed by atoms with E-state index < -0.39 is 9.84 Å². The van der Waals surface area contributed by atoms with Crippen LogP contribution in [-0.4, -0.2) is 38.6 Å². The van der Waals surface area contributed by atoms with Crippen LogP contribution >= 0.6 is 0 Å². The fraction of sp³-hybridized carbons (Fsp3) is 0.316. The zero-order chi connectivity index (χ0) is 17.3. The molecule has 0 bridgehead atoms. The van der Waals surface area contributed by atoms with Gasteiger partial charge in [0.2, 0.25) is 0 Å². The maximum Gasteiger partial charge on any atom is 0.253 e. The van der Waals surface area contributed by atoms with E-state index in [9.17, 15) is 13.2 Å². The van der Waals surface area contributed by atoms with Crippen molar-refractivity contribution in [2.24, 2.45) is 0 Å². The first-order chi connectivity index (χ1) is 11.4. The molecule has 0 radical (unpaired) electrons. The van der Waals surface area contributed by atoms with Crippen LogP contribution in [0.3, 0.4) is 0 Å². The first-order valence-electron chi connectivity index (χ1n) is 8.01. The van der Waals surface area contributed by atoms with Gasteiger partial charge in [-0.15, -0.1) is 0 Å². The van der Waals surface area contributed by atoms with Gasteiger partial charge >= 0.3 is 0 Å². The van der Waals surface area contributed by atoms with Gasteiger partial charge in [0.1, 0.15) is 0 Å². The first-order valence-corrected chi connectivity index (χ1v) is 9.90. The van der Waals surface area contributed by atoms with E-state index in [1.54, 1.807) is 12.1 Å². The second-order valence-electron chi connectivity index (χ2n) is 6.39. The fourth-order valence-corrected chi connectivity index (χ4v) is 3.90. The summed E-state index contributed by atoms with van der Waals surface area (Å²) in [5.41, 5.74) is 3.10. The summed E-state index contributed by atoms with van der Waals surface area (Å²) in [7, 11) is -3.24. The summed E-state index contributed by atoms with van der Waals surface area (Å²) < 4.78 is 23.0. The van der Waals surface area contributed by atoms with E-state index in [1.165, 1.54) is 23.3 Å². The number of likely N-dealkylation sites (tertiary alicyclic amines) is 1. The summed E-state index contributed by atoms with van der Waals surface area (Å²) in [6, 6.07) is 14.5. The molecular weight excluding hydrogens is 322 g/mol. The maximum atomic E-state index is 12.6. The minimum atomic E-state index is -3.24. The van der Waals surface area contributed by atoms with Gasteiger partial charge in [0.25, 0.3) is 5.91 Å². The van der Waals surface area contributed by atoms with Crippen molar-refractivity contribution in [2.45, 2.75) is 24.2 Å². The second-order valence-corrected chi connectivity index (χ2v) is 8.41. The Balaban J connectivity index is 1.74. The quantitative estimate of drug-likeness (QED) is 0.861. The highest BCUT2D eigenvalue weighted by Gasteiger charge is 2.28. The molecule has 0 saturated carbocycles. The molecule has 3 rings (SSSR count). The number of hydrogen-bond donors (Lipinski definition) is 0. The Hall–Kier alpha value is -2.14. The van der Waals surface area contributed by atoms with E-state index in [1.807, 2.05) is 17.0 Å². The van der Waals surface area contributed by atoms with Crippen molar-refractivity contribution in [3.05, 3.63) is 65.2 Å². The zero-order valence-corrected chi connectivity index (χ0v) is 14.7. The molecule has 0 N–H and O–H groups in total. The molecule has 1 aliphatic rings. The highest BCUT2D eigenvalue weighted by molar-refractivity contribution is 7.90. The lowest BCUT2D eigenvalue weighted by atomic mass is 9.94. The van der Waals surface area contributed by atoms with E-state index in [4.69, 9.17) is 0 Å². The summed E-state index contributed by atoms with van der Waals surface area (Å²) in [6.07, 6.45) is 2.12. The third-order valence-corrected chi connectivity index (χ3v) is 5.76. The fourth-order valence-electron chi connectivity index (χ4n) is 3.27. The van der Waals surface area contributed by atoms with E-state index in [-0.39, 0.29) is 10.8 Å². The Kier molecular flexibility index (Phi) is 4.45. The van der Waals surface area contributed by atoms with Crippen LogP contribution < -0.4 is 0 Å². The average Bonchev–Trinajstić information content (AvgIpc) is 3.03. The van der Waals surface area contributed by atoms with Crippen molar-refractivity contribution in [1.29, 1.82) is 0 Å². The molecule has 24 heavy (non-hydrogen) atoms. The lowest BCUT2D eigenvalue weighted by Crippen LogP contribution is -2.28. The molecule has 4 nitrogen and oxygen atoms in total. The molecule has 1 amide bonds. The van der Waals surface area contributed by atoms with E-state index >= 15 is 0 Å².